The first-order valence-electron chi connectivity index (χ1n) is 7.87. The number of hydrogen-bond acceptors (Lipinski definition) is 3. The molecule has 1 saturated heterocycles. The van der Waals surface area contributed by atoms with Gasteiger partial charge in [0.1, 0.15) is 0 Å². The summed E-state index contributed by atoms with van der Waals surface area (Å²) in [5.74, 6) is -0.387. The molecule has 2 aromatic carbocycles. The van der Waals surface area contributed by atoms with Gasteiger partial charge in [0.15, 0.2) is 5.17 Å². The average Bonchev–Trinajstić information content (AvgIpc) is 2.91. The van der Waals surface area contributed by atoms with Crippen molar-refractivity contribution in [2.75, 3.05) is 0 Å². The van der Waals surface area contributed by atoms with Crippen LogP contribution in [0.5, 0.6) is 0 Å². The van der Waals surface area contributed by atoms with E-state index in [1.54, 1.807) is 0 Å². The molecule has 0 unspecified atom stereocenters. The molecular weight excluding hydrogens is 441 g/mol. The average molecular weight is 455 g/mol. The van der Waals surface area contributed by atoms with E-state index in [0.29, 0.717) is 21.3 Å². The van der Waals surface area contributed by atoms with Crippen molar-refractivity contribution in [2.45, 2.75) is 20.0 Å². The van der Waals surface area contributed by atoms with Gasteiger partial charge in [-0.1, -0.05) is 28.1 Å². The lowest BCUT2D eigenvalue weighted by Crippen LogP contribution is -2.19. The van der Waals surface area contributed by atoms with Crippen LogP contribution in [-0.4, -0.2) is 11.1 Å². The number of thioether (sulfide) groups is 1. The largest absolute Gasteiger partial charge is 0.416 e. The van der Waals surface area contributed by atoms with E-state index < -0.39 is 11.7 Å². The Labute approximate surface area is 166 Å². The van der Waals surface area contributed by atoms with Crippen LogP contribution in [0.2, 0.25) is 0 Å². The van der Waals surface area contributed by atoms with E-state index in [0.717, 1.165) is 39.5 Å². The van der Waals surface area contributed by atoms with Gasteiger partial charge in [-0.05, 0) is 72.6 Å². The maximum absolute atomic E-state index is 12.8. The number of nitrogens with zero attached hydrogens (tertiary/aromatic N) is 1. The van der Waals surface area contributed by atoms with Gasteiger partial charge in [-0.3, -0.25) is 4.79 Å². The van der Waals surface area contributed by atoms with E-state index in [2.05, 4.69) is 26.2 Å². The Morgan fingerprint density at radius 1 is 1.15 bits per heavy atom. The predicted octanol–water partition coefficient (Wildman–Crippen LogP) is 5.98. The second kappa shape index (κ2) is 7.52. The third kappa shape index (κ3) is 4.62. The SMILES string of the molecule is Cc1cc(N=C2NC(=O)/C(=C/c3cccc(C(F)(F)F)c3)S2)cc(C)c1Br. The monoisotopic (exact) mass is 454 g/mol. The Hall–Kier alpha value is -2.06. The first-order chi connectivity index (χ1) is 12.6. The van der Waals surface area contributed by atoms with Crippen LogP contribution >= 0.6 is 27.7 Å². The van der Waals surface area contributed by atoms with Crippen molar-refractivity contribution in [3.05, 3.63) is 68.0 Å². The van der Waals surface area contributed by atoms with Crippen molar-refractivity contribution in [3.8, 4) is 0 Å². The number of amidine groups is 1. The van der Waals surface area contributed by atoms with Gasteiger partial charge in [-0.15, -0.1) is 0 Å². The highest BCUT2D eigenvalue weighted by molar-refractivity contribution is 9.10. The molecule has 0 radical (unpaired) electrons. The number of amides is 1. The minimum Gasteiger partial charge on any atom is -0.300 e. The van der Waals surface area contributed by atoms with E-state index in [-0.39, 0.29) is 5.91 Å². The molecule has 1 amide bonds. The molecule has 0 bridgehead atoms. The summed E-state index contributed by atoms with van der Waals surface area (Å²) in [5.41, 5.74) is 2.28. The van der Waals surface area contributed by atoms with Crippen molar-refractivity contribution in [3.63, 3.8) is 0 Å². The lowest BCUT2D eigenvalue weighted by atomic mass is 10.1. The molecule has 140 valence electrons. The van der Waals surface area contributed by atoms with Gasteiger partial charge < -0.3 is 5.32 Å². The highest BCUT2D eigenvalue weighted by atomic mass is 79.9. The van der Waals surface area contributed by atoms with Crippen molar-refractivity contribution in [1.29, 1.82) is 0 Å². The molecule has 0 saturated carbocycles. The molecule has 8 heteroatoms. The van der Waals surface area contributed by atoms with Crippen molar-refractivity contribution < 1.29 is 18.0 Å². The molecule has 0 atom stereocenters. The molecule has 1 fully saturated rings. The van der Waals surface area contributed by atoms with Gasteiger partial charge in [0.2, 0.25) is 0 Å². The predicted molar refractivity (Wildman–Crippen MR) is 106 cm³/mol. The topological polar surface area (TPSA) is 41.5 Å². The van der Waals surface area contributed by atoms with Crippen LogP contribution in [0.1, 0.15) is 22.3 Å². The van der Waals surface area contributed by atoms with Gasteiger partial charge in [0.05, 0.1) is 16.2 Å². The standard InChI is InChI=1S/C19H14BrF3N2OS/c1-10-6-14(7-11(2)16(10)20)24-18-25-17(26)15(27-18)9-12-4-3-5-13(8-12)19(21,22)23/h3-9H,1-2H3,(H,24,25,26)/b15-9-. The Balaban J connectivity index is 1.87. The van der Waals surface area contributed by atoms with Gasteiger partial charge >= 0.3 is 6.18 Å². The second-order valence-corrected chi connectivity index (χ2v) is 7.82. The molecule has 0 aliphatic carbocycles. The normalized spacial score (nSPS) is 17.6. The molecule has 1 N–H and O–H groups in total. The zero-order chi connectivity index (χ0) is 19.8. The Kier molecular flexibility index (Phi) is 5.48. The molecule has 0 spiro atoms. The molecule has 3 nitrogen and oxygen atoms in total. The molecule has 1 heterocycles. The van der Waals surface area contributed by atoms with Crippen LogP contribution in [-0.2, 0) is 11.0 Å². The maximum atomic E-state index is 12.8. The van der Waals surface area contributed by atoms with E-state index >= 15 is 0 Å². The number of aryl methyl sites for hydroxylation is 2. The Morgan fingerprint density at radius 3 is 2.44 bits per heavy atom. The quantitative estimate of drug-likeness (QED) is 0.567. The van der Waals surface area contributed by atoms with Crippen molar-refractivity contribution >= 4 is 50.5 Å². The summed E-state index contributed by atoms with van der Waals surface area (Å²) in [4.78, 5) is 16.9. The van der Waals surface area contributed by atoms with E-state index in [9.17, 15) is 18.0 Å². The number of carbonyl (C=O) groups is 1. The zero-order valence-corrected chi connectivity index (χ0v) is 16.7. The zero-order valence-electron chi connectivity index (χ0n) is 14.3. The van der Waals surface area contributed by atoms with Crippen LogP contribution in [0.25, 0.3) is 6.08 Å². The van der Waals surface area contributed by atoms with Crippen molar-refractivity contribution in [1.82, 2.24) is 5.32 Å². The Bertz CT molecular complexity index is 960. The van der Waals surface area contributed by atoms with E-state index in [1.165, 1.54) is 18.2 Å². The molecule has 27 heavy (non-hydrogen) atoms. The fourth-order valence-electron chi connectivity index (χ4n) is 2.54. The number of alkyl halides is 3. The van der Waals surface area contributed by atoms with Crippen LogP contribution in [0.4, 0.5) is 18.9 Å². The number of nitrogens with one attached hydrogen (secondary N) is 1. The lowest BCUT2D eigenvalue weighted by molar-refractivity contribution is -0.137. The highest BCUT2D eigenvalue weighted by Gasteiger charge is 2.30. The maximum Gasteiger partial charge on any atom is 0.416 e. The van der Waals surface area contributed by atoms with Gasteiger partial charge in [-0.2, -0.15) is 13.2 Å². The summed E-state index contributed by atoms with van der Waals surface area (Å²) in [6.07, 6.45) is -3.00. The molecule has 3 rings (SSSR count). The third-order valence-corrected chi connectivity index (χ3v) is 5.98. The summed E-state index contributed by atoms with van der Waals surface area (Å²) in [7, 11) is 0. The van der Waals surface area contributed by atoms with Crippen LogP contribution in [0.3, 0.4) is 0 Å². The number of aliphatic imine (C=N–C) groups is 1. The molecule has 1 aliphatic heterocycles. The van der Waals surface area contributed by atoms with Gasteiger partial charge in [0, 0.05) is 4.47 Å². The Morgan fingerprint density at radius 2 is 1.81 bits per heavy atom. The van der Waals surface area contributed by atoms with E-state index in [1.807, 2.05) is 26.0 Å². The van der Waals surface area contributed by atoms with Gasteiger partial charge in [0.25, 0.3) is 5.91 Å². The fourth-order valence-corrected chi connectivity index (χ4v) is 3.61. The first kappa shape index (κ1) is 19.7. The second-order valence-electron chi connectivity index (χ2n) is 6.00. The minimum absolute atomic E-state index is 0.290. The number of rotatable bonds is 2. The molecule has 0 aromatic heterocycles. The van der Waals surface area contributed by atoms with Crippen LogP contribution in [0, 0.1) is 13.8 Å². The number of halogens is 4. The fraction of sp³-hybridized carbons (Fsp3) is 0.158. The minimum atomic E-state index is -4.43. The van der Waals surface area contributed by atoms with E-state index in [4.69, 9.17) is 0 Å². The summed E-state index contributed by atoms with van der Waals surface area (Å²) in [6, 6.07) is 8.60. The van der Waals surface area contributed by atoms with Gasteiger partial charge in [-0.25, -0.2) is 4.99 Å². The van der Waals surface area contributed by atoms with Crippen LogP contribution < -0.4 is 5.32 Å². The van der Waals surface area contributed by atoms with Crippen LogP contribution in [0.15, 0.2) is 50.8 Å². The number of hydrogen-bond donors (Lipinski definition) is 1. The summed E-state index contributed by atoms with van der Waals surface area (Å²) < 4.78 is 39.5. The number of benzene rings is 2. The molecule has 2 aromatic rings. The highest BCUT2D eigenvalue weighted by Crippen LogP contribution is 2.33. The molecule has 1 aliphatic rings. The third-order valence-electron chi connectivity index (χ3n) is 3.81. The number of carbonyl (C=O) groups excluding carboxylic acids is 1. The summed E-state index contributed by atoms with van der Waals surface area (Å²) in [5, 5.41) is 3.03. The van der Waals surface area contributed by atoms with Crippen molar-refractivity contribution in [2.24, 2.45) is 4.99 Å². The first-order valence-corrected chi connectivity index (χ1v) is 9.48. The summed E-state index contributed by atoms with van der Waals surface area (Å²) in [6.45, 7) is 3.89. The molecular formula is C19H14BrF3N2OS. The summed E-state index contributed by atoms with van der Waals surface area (Å²) >= 11 is 4.58. The lowest BCUT2D eigenvalue weighted by Gasteiger charge is -2.06. The smallest absolute Gasteiger partial charge is 0.300 e.